The third kappa shape index (κ3) is 4.11. The van der Waals surface area contributed by atoms with E-state index in [1.165, 1.54) is 12.3 Å². The lowest BCUT2D eigenvalue weighted by molar-refractivity contribution is 0.0823. The number of hydrogen-bond donors (Lipinski definition) is 1. The number of ether oxygens (including phenoxy) is 1. The topological polar surface area (TPSA) is 68.8 Å². The van der Waals surface area contributed by atoms with Gasteiger partial charge in [-0.05, 0) is 12.1 Å². The van der Waals surface area contributed by atoms with Gasteiger partial charge in [0.2, 0.25) is 0 Å². The lowest BCUT2D eigenvalue weighted by Gasteiger charge is -2.10. The van der Waals surface area contributed by atoms with E-state index in [2.05, 4.69) is 5.32 Å². The van der Waals surface area contributed by atoms with E-state index in [9.17, 15) is 8.78 Å². The average Bonchev–Trinajstić information content (AvgIpc) is 2.38. The van der Waals surface area contributed by atoms with Crippen molar-refractivity contribution in [3.05, 3.63) is 36.0 Å². The summed E-state index contributed by atoms with van der Waals surface area (Å²) >= 11 is 0. The Bertz CT molecular complexity index is 499. The predicted octanol–water partition coefficient (Wildman–Crippen LogP) is 2.67. The lowest BCUT2D eigenvalue weighted by Crippen LogP contribution is -2.08. The molecule has 0 aromatic heterocycles. The molecule has 0 saturated heterocycles. The van der Waals surface area contributed by atoms with Crippen molar-refractivity contribution >= 4 is 5.69 Å². The van der Waals surface area contributed by atoms with Crippen LogP contribution in [0.15, 0.2) is 36.0 Å². The van der Waals surface area contributed by atoms with Crippen LogP contribution in [-0.4, -0.2) is 13.0 Å². The molecule has 1 aromatic rings. The van der Waals surface area contributed by atoms with E-state index in [0.29, 0.717) is 5.69 Å². The second kappa shape index (κ2) is 6.87. The monoisotopic (exact) mass is 249 g/mol. The fraction of sp³-hybridized carbons (Fsp3) is 0.167. The summed E-state index contributed by atoms with van der Waals surface area (Å²) in [5, 5.41) is 19.7. The molecule has 0 saturated carbocycles. The van der Waals surface area contributed by atoms with Crippen molar-refractivity contribution < 1.29 is 13.5 Å². The molecule has 0 aliphatic heterocycles. The van der Waals surface area contributed by atoms with Crippen molar-refractivity contribution in [3.8, 4) is 17.9 Å². The van der Waals surface area contributed by atoms with E-state index < -0.39 is 13.0 Å². The Balaban J connectivity index is 2.80. The van der Waals surface area contributed by atoms with Crippen LogP contribution >= 0.6 is 0 Å². The Morgan fingerprint density at radius 3 is 2.61 bits per heavy atom. The van der Waals surface area contributed by atoms with E-state index in [0.717, 1.165) is 0 Å². The maximum absolute atomic E-state index is 12.0. The molecule has 1 N–H and O–H groups in total. The SMILES string of the molecule is N#CC(C#N)=CNc1ccccc1OCC(F)F. The summed E-state index contributed by atoms with van der Waals surface area (Å²) in [5.41, 5.74) is 0.278. The highest BCUT2D eigenvalue weighted by molar-refractivity contribution is 5.59. The average molecular weight is 249 g/mol. The van der Waals surface area contributed by atoms with Crippen molar-refractivity contribution in [1.82, 2.24) is 0 Å². The number of allylic oxidation sites excluding steroid dienone is 1. The van der Waals surface area contributed by atoms with Gasteiger partial charge in [-0.15, -0.1) is 0 Å². The molecule has 6 heteroatoms. The molecule has 0 amide bonds. The van der Waals surface area contributed by atoms with E-state index in [1.807, 2.05) is 0 Å². The van der Waals surface area contributed by atoms with Crippen LogP contribution in [0.4, 0.5) is 14.5 Å². The van der Waals surface area contributed by atoms with Gasteiger partial charge >= 0.3 is 0 Å². The fourth-order valence-corrected chi connectivity index (χ4v) is 1.10. The minimum Gasteiger partial charge on any atom is -0.485 e. The molecule has 4 nitrogen and oxygen atoms in total. The van der Waals surface area contributed by atoms with Crippen molar-refractivity contribution in [2.24, 2.45) is 0 Å². The van der Waals surface area contributed by atoms with Crippen molar-refractivity contribution in [2.45, 2.75) is 6.43 Å². The smallest absolute Gasteiger partial charge is 0.272 e. The summed E-state index contributed by atoms with van der Waals surface area (Å²) in [4.78, 5) is 0. The summed E-state index contributed by atoms with van der Waals surface area (Å²) in [6.07, 6.45) is -1.38. The molecule has 1 rings (SSSR count). The summed E-state index contributed by atoms with van der Waals surface area (Å²) < 4.78 is 29.0. The number of halogens is 2. The first-order chi connectivity index (χ1) is 8.67. The van der Waals surface area contributed by atoms with Gasteiger partial charge in [-0.2, -0.15) is 10.5 Å². The molecule has 0 aliphatic carbocycles. The van der Waals surface area contributed by atoms with E-state index in [1.54, 1.807) is 30.3 Å². The van der Waals surface area contributed by atoms with Gasteiger partial charge < -0.3 is 10.1 Å². The number of nitrogens with zero attached hydrogens (tertiary/aromatic N) is 2. The van der Waals surface area contributed by atoms with Crippen molar-refractivity contribution in [2.75, 3.05) is 11.9 Å². The maximum atomic E-state index is 12.0. The summed E-state index contributed by atoms with van der Waals surface area (Å²) in [6, 6.07) is 9.74. The molecular formula is C12H9F2N3O. The van der Waals surface area contributed by atoms with Gasteiger partial charge in [0.1, 0.15) is 30.1 Å². The summed E-state index contributed by atoms with van der Waals surface area (Å²) in [5.74, 6) is 0.226. The van der Waals surface area contributed by atoms with Gasteiger partial charge in [-0.1, -0.05) is 12.1 Å². The predicted molar refractivity (Wildman–Crippen MR) is 60.9 cm³/mol. The number of rotatable bonds is 5. The quantitative estimate of drug-likeness (QED) is 0.814. The van der Waals surface area contributed by atoms with E-state index in [-0.39, 0.29) is 11.3 Å². The molecule has 0 heterocycles. The standard InChI is InChI=1S/C12H9F2N3O/c13-12(14)8-18-11-4-2-1-3-10(11)17-7-9(5-15)6-16/h1-4,7,12,17H,8H2. The molecule has 0 aliphatic rings. The first-order valence-electron chi connectivity index (χ1n) is 4.94. The maximum Gasteiger partial charge on any atom is 0.272 e. The normalized spacial score (nSPS) is 9.17. The number of nitrogens with one attached hydrogen (secondary N) is 1. The van der Waals surface area contributed by atoms with Gasteiger partial charge in [0.15, 0.2) is 0 Å². The number of para-hydroxylation sites is 2. The van der Waals surface area contributed by atoms with Gasteiger partial charge in [-0.25, -0.2) is 8.78 Å². The number of benzene rings is 1. The largest absolute Gasteiger partial charge is 0.485 e. The van der Waals surface area contributed by atoms with Crippen LogP contribution in [0.25, 0.3) is 0 Å². The van der Waals surface area contributed by atoms with Crippen LogP contribution in [0.1, 0.15) is 0 Å². The number of anilines is 1. The lowest BCUT2D eigenvalue weighted by atomic mass is 10.3. The highest BCUT2D eigenvalue weighted by atomic mass is 19.3. The summed E-state index contributed by atoms with van der Waals surface area (Å²) in [6.45, 7) is -0.717. The Morgan fingerprint density at radius 2 is 2.00 bits per heavy atom. The molecule has 0 bridgehead atoms. The van der Waals surface area contributed by atoms with Crippen LogP contribution in [0.5, 0.6) is 5.75 Å². The second-order valence-corrected chi connectivity index (χ2v) is 3.12. The molecule has 0 unspecified atom stereocenters. The van der Waals surface area contributed by atoms with Gasteiger partial charge in [0.25, 0.3) is 6.43 Å². The van der Waals surface area contributed by atoms with Crippen LogP contribution < -0.4 is 10.1 Å². The van der Waals surface area contributed by atoms with Crippen LogP contribution in [0.2, 0.25) is 0 Å². The van der Waals surface area contributed by atoms with Crippen molar-refractivity contribution in [1.29, 1.82) is 10.5 Å². The third-order valence-corrected chi connectivity index (χ3v) is 1.86. The highest BCUT2D eigenvalue weighted by Crippen LogP contribution is 2.24. The number of hydrogen-bond acceptors (Lipinski definition) is 4. The highest BCUT2D eigenvalue weighted by Gasteiger charge is 2.06. The van der Waals surface area contributed by atoms with Crippen LogP contribution in [0, 0.1) is 22.7 Å². The minimum atomic E-state index is -2.57. The first kappa shape index (κ1) is 13.5. The zero-order chi connectivity index (χ0) is 13.4. The zero-order valence-corrected chi connectivity index (χ0v) is 9.23. The Hall–Kier alpha value is -2.60. The van der Waals surface area contributed by atoms with E-state index in [4.69, 9.17) is 15.3 Å². The third-order valence-electron chi connectivity index (χ3n) is 1.86. The zero-order valence-electron chi connectivity index (χ0n) is 9.23. The number of nitriles is 2. The molecule has 0 fully saturated rings. The molecule has 0 atom stereocenters. The van der Waals surface area contributed by atoms with Gasteiger partial charge in [0, 0.05) is 6.20 Å². The molecular weight excluding hydrogens is 240 g/mol. The molecule has 0 spiro atoms. The summed E-state index contributed by atoms with van der Waals surface area (Å²) in [7, 11) is 0. The van der Waals surface area contributed by atoms with Gasteiger partial charge in [0.05, 0.1) is 5.69 Å². The fourth-order valence-electron chi connectivity index (χ4n) is 1.10. The van der Waals surface area contributed by atoms with Crippen molar-refractivity contribution in [3.63, 3.8) is 0 Å². The van der Waals surface area contributed by atoms with Crippen LogP contribution in [-0.2, 0) is 0 Å². The van der Waals surface area contributed by atoms with E-state index >= 15 is 0 Å². The molecule has 92 valence electrons. The molecule has 1 aromatic carbocycles. The molecule has 18 heavy (non-hydrogen) atoms. The first-order valence-corrected chi connectivity index (χ1v) is 4.94. The molecule has 0 radical (unpaired) electrons. The van der Waals surface area contributed by atoms with Gasteiger partial charge in [-0.3, -0.25) is 0 Å². The minimum absolute atomic E-state index is 0.126. The van der Waals surface area contributed by atoms with Crippen LogP contribution in [0.3, 0.4) is 0 Å². The number of alkyl halides is 2. The second-order valence-electron chi connectivity index (χ2n) is 3.12. The Labute approximate surface area is 103 Å². The Morgan fingerprint density at radius 1 is 1.33 bits per heavy atom. The Kier molecular flexibility index (Phi) is 5.14.